The molecule has 0 amide bonds. The molecule has 21 heavy (non-hydrogen) atoms. The summed E-state index contributed by atoms with van der Waals surface area (Å²) < 4.78 is 14.7. The SMILES string of the molecule is CN1CCCC(N(C)c2nccc(CNC3CC3)c2F)C1. The molecule has 116 valence electrons. The van der Waals surface area contributed by atoms with Gasteiger partial charge in [0.25, 0.3) is 0 Å². The molecule has 1 saturated heterocycles. The van der Waals surface area contributed by atoms with E-state index < -0.39 is 0 Å². The van der Waals surface area contributed by atoms with Crippen LogP contribution >= 0.6 is 0 Å². The Morgan fingerprint density at radius 1 is 1.43 bits per heavy atom. The maximum Gasteiger partial charge on any atom is 0.170 e. The largest absolute Gasteiger partial charge is 0.353 e. The van der Waals surface area contributed by atoms with Crippen LogP contribution in [0.1, 0.15) is 31.2 Å². The van der Waals surface area contributed by atoms with Crippen molar-refractivity contribution < 1.29 is 4.39 Å². The van der Waals surface area contributed by atoms with E-state index >= 15 is 0 Å². The van der Waals surface area contributed by atoms with Crippen molar-refractivity contribution in [1.29, 1.82) is 0 Å². The lowest BCUT2D eigenvalue weighted by molar-refractivity contribution is 0.247. The van der Waals surface area contributed by atoms with Gasteiger partial charge in [-0.3, -0.25) is 0 Å². The summed E-state index contributed by atoms with van der Waals surface area (Å²) in [5, 5.41) is 3.37. The topological polar surface area (TPSA) is 31.4 Å². The van der Waals surface area contributed by atoms with Crippen molar-refractivity contribution in [3.05, 3.63) is 23.6 Å². The molecule has 1 aliphatic carbocycles. The Balaban J connectivity index is 1.72. The van der Waals surface area contributed by atoms with Gasteiger partial charge >= 0.3 is 0 Å². The van der Waals surface area contributed by atoms with Gasteiger partial charge in [0.2, 0.25) is 0 Å². The molecule has 1 unspecified atom stereocenters. The van der Waals surface area contributed by atoms with Gasteiger partial charge in [-0.25, -0.2) is 9.37 Å². The molecule has 1 aromatic heterocycles. The van der Waals surface area contributed by atoms with Gasteiger partial charge in [0, 0.05) is 44.0 Å². The molecule has 4 nitrogen and oxygen atoms in total. The molecule has 1 aromatic rings. The molecular formula is C16H25FN4. The normalized spacial score (nSPS) is 23.3. The van der Waals surface area contributed by atoms with Gasteiger partial charge in [-0.15, -0.1) is 0 Å². The van der Waals surface area contributed by atoms with E-state index in [0.29, 0.717) is 24.4 Å². The van der Waals surface area contributed by atoms with E-state index in [9.17, 15) is 4.39 Å². The minimum atomic E-state index is -0.165. The quantitative estimate of drug-likeness (QED) is 0.899. The van der Waals surface area contributed by atoms with Gasteiger partial charge in [0.1, 0.15) is 0 Å². The van der Waals surface area contributed by atoms with Crippen molar-refractivity contribution in [2.24, 2.45) is 0 Å². The minimum absolute atomic E-state index is 0.165. The maximum atomic E-state index is 14.7. The van der Waals surface area contributed by atoms with E-state index in [1.54, 1.807) is 12.3 Å². The van der Waals surface area contributed by atoms with Gasteiger partial charge in [0.15, 0.2) is 11.6 Å². The zero-order valence-electron chi connectivity index (χ0n) is 13.0. The van der Waals surface area contributed by atoms with Crippen LogP contribution in [0.15, 0.2) is 12.3 Å². The molecule has 5 heteroatoms. The van der Waals surface area contributed by atoms with Crippen LogP contribution in [-0.4, -0.2) is 49.2 Å². The number of likely N-dealkylation sites (tertiary alicyclic amines) is 1. The molecule has 0 radical (unpaired) electrons. The predicted octanol–water partition coefficient (Wildman–Crippen LogP) is 2.00. The first kappa shape index (κ1) is 14.7. The number of pyridine rings is 1. The Morgan fingerprint density at radius 2 is 2.24 bits per heavy atom. The van der Waals surface area contributed by atoms with Crippen molar-refractivity contribution in [3.8, 4) is 0 Å². The van der Waals surface area contributed by atoms with Crippen LogP contribution in [0.4, 0.5) is 10.2 Å². The number of hydrogen-bond donors (Lipinski definition) is 1. The summed E-state index contributed by atoms with van der Waals surface area (Å²) >= 11 is 0. The van der Waals surface area contributed by atoms with Gasteiger partial charge in [-0.1, -0.05) is 0 Å². The minimum Gasteiger partial charge on any atom is -0.353 e. The first-order valence-corrected chi connectivity index (χ1v) is 7.93. The van der Waals surface area contributed by atoms with Gasteiger partial charge < -0.3 is 15.1 Å². The number of piperidine rings is 1. The lowest BCUT2D eigenvalue weighted by atomic mass is 10.0. The summed E-state index contributed by atoms with van der Waals surface area (Å²) in [7, 11) is 4.09. The monoisotopic (exact) mass is 292 g/mol. The number of anilines is 1. The molecule has 2 fully saturated rings. The van der Waals surface area contributed by atoms with E-state index in [-0.39, 0.29) is 5.82 Å². The van der Waals surface area contributed by atoms with Crippen LogP contribution in [0.5, 0.6) is 0 Å². The third-order valence-corrected chi connectivity index (χ3v) is 4.59. The van der Waals surface area contributed by atoms with Crippen LogP contribution in [0.3, 0.4) is 0 Å². The van der Waals surface area contributed by atoms with E-state index in [0.717, 1.165) is 31.5 Å². The Bertz CT molecular complexity index is 489. The molecule has 0 bridgehead atoms. The van der Waals surface area contributed by atoms with E-state index in [4.69, 9.17) is 0 Å². The standard InChI is InChI=1S/C16H25FN4/c1-20-9-3-4-14(11-20)21(2)16-15(17)12(7-8-18-16)10-19-13-5-6-13/h7-8,13-14,19H,3-6,9-11H2,1-2H3. The maximum absolute atomic E-state index is 14.7. The molecule has 2 heterocycles. The third-order valence-electron chi connectivity index (χ3n) is 4.59. The average Bonchev–Trinajstić information content (AvgIpc) is 3.30. The highest BCUT2D eigenvalue weighted by molar-refractivity contribution is 5.43. The molecule has 1 atom stereocenters. The third kappa shape index (κ3) is 3.52. The summed E-state index contributed by atoms with van der Waals surface area (Å²) in [5.41, 5.74) is 0.725. The van der Waals surface area contributed by atoms with Gasteiger partial charge in [0.05, 0.1) is 0 Å². The second kappa shape index (κ2) is 6.28. The van der Waals surface area contributed by atoms with Crippen molar-refractivity contribution in [2.45, 2.75) is 44.3 Å². The molecular weight excluding hydrogens is 267 g/mol. The average molecular weight is 292 g/mol. The molecule has 0 spiro atoms. The molecule has 1 N–H and O–H groups in total. The Morgan fingerprint density at radius 3 is 2.95 bits per heavy atom. The fraction of sp³-hybridized carbons (Fsp3) is 0.688. The highest BCUT2D eigenvalue weighted by atomic mass is 19.1. The summed E-state index contributed by atoms with van der Waals surface area (Å²) in [5.74, 6) is 0.326. The van der Waals surface area contributed by atoms with Crippen molar-refractivity contribution in [1.82, 2.24) is 15.2 Å². The fourth-order valence-electron chi connectivity index (χ4n) is 3.02. The number of likely N-dealkylation sites (N-methyl/N-ethyl adjacent to an activating group) is 2. The van der Waals surface area contributed by atoms with E-state index in [1.807, 2.05) is 11.9 Å². The summed E-state index contributed by atoms with van der Waals surface area (Å²) in [6, 6.07) is 2.72. The fourth-order valence-corrected chi connectivity index (χ4v) is 3.02. The number of nitrogens with one attached hydrogen (secondary N) is 1. The smallest absolute Gasteiger partial charge is 0.170 e. The van der Waals surface area contributed by atoms with Crippen LogP contribution in [-0.2, 0) is 6.54 Å². The number of rotatable bonds is 5. The molecule has 1 saturated carbocycles. The summed E-state index contributed by atoms with van der Waals surface area (Å²) in [6.45, 7) is 2.71. The molecule has 2 aliphatic rings. The van der Waals surface area contributed by atoms with Crippen LogP contribution < -0.4 is 10.2 Å². The van der Waals surface area contributed by atoms with Gasteiger partial charge in [-0.05, 0) is 45.3 Å². The summed E-state index contributed by atoms with van der Waals surface area (Å²) in [6.07, 6.45) is 6.43. The van der Waals surface area contributed by atoms with Crippen LogP contribution in [0, 0.1) is 5.82 Å². The Labute approximate surface area is 126 Å². The van der Waals surface area contributed by atoms with Gasteiger partial charge in [-0.2, -0.15) is 0 Å². The zero-order valence-corrected chi connectivity index (χ0v) is 13.0. The predicted molar refractivity (Wildman–Crippen MR) is 83.0 cm³/mol. The lowest BCUT2D eigenvalue weighted by Crippen LogP contribution is -2.45. The molecule has 0 aromatic carbocycles. The highest BCUT2D eigenvalue weighted by Gasteiger charge is 2.25. The number of nitrogens with zero attached hydrogens (tertiary/aromatic N) is 3. The Hall–Kier alpha value is -1.20. The number of hydrogen-bond acceptors (Lipinski definition) is 4. The first-order chi connectivity index (χ1) is 10.1. The second-order valence-corrected chi connectivity index (χ2v) is 6.43. The van der Waals surface area contributed by atoms with E-state index in [1.165, 1.54) is 12.8 Å². The van der Waals surface area contributed by atoms with Crippen LogP contribution in [0.2, 0.25) is 0 Å². The first-order valence-electron chi connectivity index (χ1n) is 7.93. The number of aromatic nitrogens is 1. The molecule has 1 aliphatic heterocycles. The second-order valence-electron chi connectivity index (χ2n) is 6.43. The number of halogens is 1. The molecule has 3 rings (SSSR count). The summed E-state index contributed by atoms with van der Waals surface area (Å²) in [4.78, 5) is 8.61. The van der Waals surface area contributed by atoms with Crippen molar-refractivity contribution in [2.75, 3.05) is 32.1 Å². The lowest BCUT2D eigenvalue weighted by Gasteiger charge is -2.36. The van der Waals surface area contributed by atoms with E-state index in [2.05, 4.69) is 22.2 Å². The van der Waals surface area contributed by atoms with Crippen molar-refractivity contribution in [3.63, 3.8) is 0 Å². The highest BCUT2D eigenvalue weighted by Crippen LogP contribution is 2.25. The van der Waals surface area contributed by atoms with Crippen LogP contribution in [0.25, 0.3) is 0 Å². The Kier molecular flexibility index (Phi) is 4.40. The van der Waals surface area contributed by atoms with Crippen molar-refractivity contribution >= 4 is 5.82 Å². The zero-order chi connectivity index (χ0) is 14.8.